The van der Waals surface area contributed by atoms with Crippen LogP contribution in [0.25, 0.3) is 0 Å². The number of alkyl halides is 2. The van der Waals surface area contributed by atoms with Crippen molar-refractivity contribution in [2.24, 2.45) is 0 Å². The maximum atomic E-state index is 13.5. The summed E-state index contributed by atoms with van der Waals surface area (Å²) in [5, 5.41) is 8.51. The van der Waals surface area contributed by atoms with Crippen molar-refractivity contribution in [1.82, 2.24) is 4.90 Å². The Hall–Kier alpha value is -1.66. The van der Waals surface area contributed by atoms with Gasteiger partial charge in [0.2, 0.25) is 0 Å². The standard InChI is InChI=1S/C9H11F2NO4/c1-2-3-16-8(15)12-4-6(10)9(11,5-12)7(13)14/h2,6H,1,3-5H2,(H,13,14). The second kappa shape index (κ2) is 4.46. The van der Waals surface area contributed by atoms with Crippen LogP contribution in [0.1, 0.15) is 0 Å². The maximum absolute atomic E-state index is 13.5. The summed E-state index contributed by atoms with van der Waals surface area (Å²) in [5.41, 5.74) is -3.05. The number of halogens is 2. The third-order valence-corrected chi connectivity index (χ3v) is 2.24. The fourth-order valence-corrected chi connectivity index (χ4v) is 1.34. The molecule has 1 saturated heterocycles. The predicted octanol–water partition coefficient (Wildman–Crippen LogP) is 0.756. The first kappa shape index (κ1) is 12.4. The van der Waals surface area contributed by atoms with Crippen LogP contribution in [0.15, 0.2) is 12.7 Å². The van der Waals surface area contributed by atoms with Gasteiger partial charge in [-0.25, -0.2) is 18.4 Å². The van der Waals surface area contributed by atoms with Crippen LogP contribution in [-0.4, -0.2) is 53.6 Å². The van der Waals surface area contributed by atoms with Crippen LogP contribution in [0.2, 0.25) is 0 Å². The molecular weight excluding hydrogens is 224 g/mol. The molecule has 1 rings (SSSR count). The molecule has 1 N–H and O–H groups in total. The lowest BCUT2D eigenvalue weighted by Crippen LogP contribution is -2.43. The van der Waals surface area contributed by atoms with Crippen molar-refractivity contribution in [1.29, 1.82) is 0 Å². The lowest BCUT2D eigenvalue weighted by molar-refractivity contribution is -0.153. The number of likely N-dealkylation sites (tertiary alicyclic amines) is 1. The molecule has 0 saturated carbocycles. The SMILES string of the molecule is C=CCOC(=O)N1CC(F)C(F)(C(=O)O)C1. The smallest absolute Gasteiger partial charge is 0.410 e. The van der Waals surface area contributed by atoms with E-state index in [1.165, 1.54) is 6.08 Å². The molecule has 1 aliphatic rings. The average molecular weight is 235 g/mol. The molecule has 16 heavy (non-hydrogen) atoms. The van der Waals surface area contributed by atoms with Crippen LogP contribution in [0, 0.1) is 0 Å². The highest BCUT2D eigenvalue weighted by Gasteiger charge is 2.56. The van der Waals surface area contributed by atoms with Crippen LogP contribution in [0.3, 0.4) is 0 Å². The summed E-state index contributed by atoms with van der Waals surface area (Å²) in [6, 6.07) is 0. The van der Waals surface area contributed by atoms with Gasteiger partial charge in [0.1, 0.15) is 6.61 Å². The van der Waals surface area contributed by atoms with Gasteiger partial charge in [0, 0.05) is 0 Å². The molecule has 0 radical (unpaired) electrons. The molecule has 0 aromatic rings. The van der Waals surface area contributed by atoms with Crippen molar-refractivity contribution in [3.8, 4) is 0 Å². The largest absolute Gasteiger partial charge is 0.479 e. The van der Waals surface area contributed by atoms with Gasteiger partial charge in [0.05, 0.1) is 13.1 Å². The van der Waals surface area contributed by atoms with E-state index in [1.54, 1.807) is 0 Å². The monoisotopic (exact) mass is 235 g/mol. The number of aliphatic carboxylic acids is 1. The number of carboxylic acid groups (broad SMARTS) is 1. The molecule has 90 valence electrons. The Morgan fingerprint density at radius 1 is 1.69 bits per heavy atom. The summed E-state index contributed by atoms with van der Waals surface area (Å²) in [6.45, 7) is 1.72. The normalized spacial score (nSPS) is 28.9. The molecule has 5 nitrogen and oxygen atoms in total. The molecule has 0 aromatic heterocycles. The fourth-order valence-electron chi connectivity index (χ4n) is 1.34. The molecule has 0 bridgehead atoms. The molecule has 0 spiro atoms. The van der Waals surface area contributed by atoms with Crippen molar-refractivity contribution in [3.05, 3.63) is 12.7 Å². The lowest BCUT2D eigenvalue weighted by Gasteiger charge is -2.16. The maximum Gasteiger partial charge on any atom is 0.410 e. The Labute approximate surface area is 90.3 Å². The molecule has 1 fully saturated rings. The molecule has 1 amide bonds. The average Bonchev–Trinajstić information content (AvgIpc) is 2.53. The van der Waals surface area contributed by atoms with E-state index in [1.807, 2.05) is 0 Å². The van der Waals surface area contributed by atoms with E-state index in [0.717, 1.165) is 0 Å². The lowest BCUT2D eigenvalue weighted by atomic mass is 10.1. The molecule has 2 atom stereocenters. The summed E-state index contributed by atoms with van der Waals surface area (Å²) in [5.74, 6) is -1.92. The summed E-state index contributed by atoms with van der Waals surface area (Å²) >= 11 is 0. The van der Waals surface area contributed by atoms with E-state index in [-0.39, 0.29) is 6.61 Å². The van der Waals surface area contributed by atoms with Crippen molar-refractivity contribution in [3.63, 3.8) is 0 Å². The summed E-state index contributed by atoms with van der Waals surface area (Å²) in [7, 11) is 0. The highest BCUT2D eigenvalue weighted by Crippen LogP contribution is 2.29. The number of carbonyl (C=O) groups excluding carboxylic acids is 1. The van der Waals surface area contributed by atoms with Gasteiger partial charge in [-0.05, 0) is 0 Å². The zero-order chi connectivity index (χ0) is 12.3. The van der Waals surface area contributed by atoms with Gasteiger partial charge in [-0.1, -0.05) is 12.7 Å². The molecular formula is C9H11F2NO4. The first-order chi connectivity index (χ1) is 7.41. The summed E-state index contributed by atoms with van der Waals surface area (Å²) < 4.78 is 31.2. The Kier molecular flexibility index (Phi) is 3.46. The van der Waals surface area contributed by atoms with E-state index < -0.39 is 37.0 Å². The third-order valence-electron chi connectivity index (χ3n) is 2.24. The Morgan fingerprint density at radius 3 is 2.75 bits per heavy atom. The van der Waals surface area contributed by atoms with E-state index in [4.69, 9.17) is 5.11 Å². The molecule has 0 aromatic carbocycles. The van der Waals surface area contributed by atoms with Gasteiger partial charge in [-0.3, -0.25) is 0 Å². The van der Waals surface area contributed by atoms with Crippen molar-refractivity contribution in [2.75, 3.05) is 19.7 Å². The van der Waals surface area contributed by atoms with E-state index in [0.29, 0.717) is 4.90 Å². The van der Waals surface area contributed by atoms with Gasteiger partial charge in [0.25, 0.3) is 5.67 Å². The van der Waals surface area contributed by atoms with Crippen LogP contribution < -0.4 is 0 Å². The Morgan fingerprint density at radius 2 is 2.31 bits per heavy atom. The fraction of sp³-hybridized carbons (Fsp3) is 0.556. The van der Waals surface area contributed by atoms with E-state index in [9.17, 15) is 18.4 Å². The van der Waals surface area contributed by atoms with Crippen molar-refractivity contribution in [2.45, 2.75) is 11.8 Å². The van der Waals surface area contributed by atoms with Crippen molar-refractivity contribution >= 4 is 12.1 Å². The summed E-state index contributed by atoms with van der Waals surface area (Å²) in [6.07, 6.45) is -1.91. The number of carbonyl (C=O) groups is 2. The minimum Gasteiger partial charge on any atom is -0.479 e. The zero-order valence-electron chi connectivity index (χ0n) is 8.36. The van der Waals surface area contributed by atoms with Crippen LogP contribution in [0.4, 0.5) is 13.6 Å². The van der Waals surface area contributed by atoms with E-state index >= 15 is 0 Å². The van der Waals surface area contributed by atoms with E-state index in [2.05, 4.69) is 11.3 Å². The molecule has 7 heteroatoms. The molecule has 0 aliphatic carbocycles. The minimum atomic E-state index is -3.05. The quantitative estimate of drug-likeness (QED) is 0.733. The van der Waals surface area contributed by atoms with Gasteiger partial charge in [-0.15, -0.1) is 0 Å². The topological polar surface area (TPSA) is 66.8 Å². The first-order valence-electron chi connectivity index (χ1n) is 4.50. The number of hydrogen-bond acceptors (Lipinski definition) is 3. The highest BCUT2D eigenvalue weighted by molar-refractivity contribution is 5.81. The number of carboxylic acids is 1. The Balaban J connectivity index is 2.66. The first-order valence-corrected chi connectivity index (χ1v) is 4.50. The second-order valence-electron chi connectivity index (χ2n) is 3.38. The predicted molar refractivity (Wildman–Crippen MR) is 49.5 cm³/mol. The van der Waals surface area contributed by atoms with Gasteiger partial charge < -0.3 is 14.7 Å². The van der Waals surface area contributed by atoms with Crippen molar-refractivity contribution < 1.29 is 28.2 Å². The molecule has 2 unspecified atom stereocenters. The van der Waals surface area contributed by atoms with Gasteiger partial charge in [-0.2, -0.15) is 0 Å². The molecule has 1 aliphatic heterocycles. The highest BCUT2D eigenvalue weighted by atomic mass is 19.2. The number of hydrogen-bond donors (Lipinski definition) is 1. The summed E-state index contributed by atoms with van der Waals surface area (Å²) in [4.78, 5) is 22.4. The van der Waals surface area contributed by atoms with Crippen LogP contribution in [-0.2, 0) is 9.53 Å². The van der Waals surface area contributed by atoms with Crippen LogP contribution >= 0.6 is 0 Å². The number of amides is 1. The third kappa shape index (κ3) is 2.12. The molecule has 1 heterocycles. The second-order valence-corrected chi connectivity index (χ2v) is 3.38. The Bertz CT molecular complexity index is 323. The van der Waals surface area contributed by atoms with Gasteiger partial charge in [0.15, 0.2) is 6.17 Å². The van der Waals surface area contributed by atoms with Crippen LogP contribution in [0.5, 0.6) is 0 Å². The number of nitrogens with zero attached hydrogens (tertiary/aromatic N) is 1. The zero-order valence-corrected chi connectivity index (χ0v) is 8.36. The minimum absolute atomic E-state index is 0.0986. The number of rotatable bonds is 3. The van der Waals surface area contributed by atoms with Gasteiger partial charge >= 0.3 is 12.1 Å². The number of ether oxygens (including phenoxy) is 1.